The van der Waals surface area contributed by atoms with E-state index < -0.39 is 0 Å². The van der Waals surface area contributed by atoms with Crippen LogP contribution in [-0.2, 0) is 6.42 Å². The second-order valence-corrected chi connectivity index (χ2v) is 5.04. The van der Waals surface area contributed by atoms with Crippen molar-refractivity contribution < 1.29 is 0 Å². The predicted octanol–water partition coefficient (Wildman–Crippen LogP) is 5.97. The topological polar surface area (TPSA) is 0 Å². The Kier molecular flexibility index (Phi) is 7.97. The molecule has 0 aromatic heterocycles. The van der Waals surface area contributed by atoms with Crippen LogP contribution in [0, 0.1) is 6.42 Å². The van der Waals surface area contributed by atoms with Crippen LogP contribution in [0.5, 0.6) is 0 Å². The first-order valence-electron chi connectivity index (χ1n) is 7.62. The summed E-state index contributed by atoms with van der Waals surface area (Å²) in [6.07, 6.45) is 17.0. The summed E-state index contributed by atoms with van der Waals surface area (Å²) in [6.45, 7) is 6.50. The van der Waals surface area contributed by atoms with Crippen molar-refractivity contribution in [2.24, 2.45) is 0 Å². The fourth-order valence-electron chi connectivity index (χ4n) is 2.04. The number of hydrogen-bond donors (Lipinski definition) is 0. The largest absolute Gasteiger partial charge is 0.0761 e. The Morgan fingerprint density at radius 2 is 1.63 bits per heavy atom. The van der Waals surface area contributed by atoms with E-state index in [2.05, 4.69) is 69.7 Å². The van der Waals surface area contributed by atoms with Crippen LogP contribution in [0.2, 0.25) is 0 Å². The molecule has 1 aliphatic carbocycles. The maximum Gasteiger partial charge on any atom is 0.0131 e. The number of hydrogen-bond acceptors (Lipinski definition) is 0. The third-order valence-electron chi connectivity index (χ3n) is 2.99. The fourth-order valence-corrected chi connectivity index (χ4v) is 2.04. The molecular weight excluding hydrogens is 228 g/mol. The lowest BCUT2D eigenvalue weighted by Crippen LogP contribution is -1.90. The molecule has 0 heterocycles. The number of rotatable bonds is 4. The molecule has 0 nitrogen and oxygen atoms in total. The van der Waals surface area contributed by atoms with Gasteiger partial charge in [-0.15, -0.1) is 0 Å². The summed E-state index contributed by atoms with van der Waals surface area (Å²) in [5, 5.41) is 0. The summed E-state index contributed by atoms with van der Waals surface area (Å²) in [5.41, 5.74) is 4.13. The second kappa shape index (κ2) is 9.61. The van der Waals surface area contributed by atoms with Gasteiger partial charge < -0.3 is 0 Å². The van der Waals surface area contributed by atoms with Crippen molar-refractivity contribution >= 4 is 6.08 Å². The average Bonchev–Trinajstić information content (AvgIpc) is 2.64. The van der Waals surface area contributed by atoms with E-state index in [4.69, 9.17) is 0 Å². The van der Waals surface area contributed by atoms with Crippen molar-refractivity contribution in [2.45, 2.75) is 52.9 Å². The highest BCUT2D eigenvalue weighted by Gasteiger charge is 2.02. The van der Waals surface area contributed by atoms with Crippen LogP contribution < -0.4 is 0 Å². The minimum atomic E-state index is 1.21. The zero-order valence-electron chi connectivity index (χ0n) is 12.7. The second-order valence-electron chi connectivity index (χ2n) is 5.04. The Hall–Kier alpha value is -1.30. The molecule has 1 aromatic rings. The van der Waals surface area contributed by atoms with Gasteiger partial charge in [0.25, 0.3) is 0 Å². The fraction of sp³-hybridized carbons (Fsp3) is 0.421. The Labute approximate surface area is 119 Å². The van der Waals surface area contributed by atoms with E-state index in [-0.39, 0.29) is 0 Å². The van der Waals surface area contributed by atoms with Gasteiger partial charge in [0.1, 0.15) is 0 Å². The van der Waals surface area contributed by atoms with Crippen LogP contribution in [0.25, 0.3) is 6.08 Å². The first-order valence-corrected chi connectivity index (χ1v) is 7.62. The van der Waals surface area contributed by atoms with Gasteiger partial charge in [-0.2, -0.15) is 0 Å². The zero-order chi connectivity index (χ0) is 13.9. The highest BCUT2D eigenvalue weighted by atomic mass is 14.1. The first-order chi connectivity index (χ1) is 9.31. The van der Waals surface area contributed by atoms with Gasteiger partial charge >= 0.3 is 0 Å². The van der Waals surface area contributed by atoms with E-state index in [0.717, 1.165) is 0 Å². The number of fused-ring (bicyclic) bond motifs is 1. The normalized spacial score (nSPS) is 12.4. The molecule has 0 heteroatoms. The lowest BCUT2D eigenvalue weighted by molar-refractivity contribution is 0.717. The Balaban J connectivity index is 0.000000550. The molecule has 1 radical (unpaired) electrons. The molecule has 103 valence electrons. The summed E-state index contributed by atoms with van der Waals surface area (Å²) in [5.74, 6) is 0. The minimum absolute atomic E-state index is 1.21. The number of benzene rings is 1. The molecule has 19 heavy (non-hydrogen) atoms. The monoisotopic (exact) mass is 255 g/mol. The molecule has 0 saturated heterocycles. The maximum atomic E-state index is 2.32. The lowest BCUT2D eigenvalue weighted by atomic mass is 9.99. The van der Waals surface area contributed by atoms with Crippen LogP contribution in [0.15, 0.2) is 36.4 Å². The zero-order valence-corrected chi connectivity index (χ0v) is 12.7. The highest BCUT2D eigenvalue weighted by Crippen LogP contribution is 2.19. The number of unbranched alkanes of at least 4 members (excludes halogenated alkanes) is 2. The Bertz CT molecular complexity index is 410. The SMILES string of the molecule is CCC.CCCCCc1ccc2c(c1)C=CC=C[CH]2. The molecule has 2 rings (SSSR count). The van der Waals surface area contributed by atoms with Crippen molar-refractivity contribution in [3.63, 3.8) is 0 Å². The summed E-state index contributed by atoms with van der Waals surface area (Å²) < 4.78 is 0. The summed E-state index contributed by atoms with van der Waals surface area (Å²) >= 11 is 0. The predicted molar refractivity (Wildman–Crippen MR) is 87.2 cm³/mol. The molecule has 0 atom stereocenters. The van der Waals surface area contributed by atoms with Gasteiger partial charge in [0, 0.05) is 6.42 Å². The Morgan fingerprint density at radius 1 is 0.842 bits per heavy atom. The standard InChI is InChI=1S/C16H19.C3H8/c1-2-3-5-8-14-11-12-15-9-6-4-7-10-16(15)13-14;1-3-2/h4,6-7,9-13H,2-3,5,8H2,1H3;3H2,1-2H3. The maximum absolute atomic E-state index is 2.32. The van der Waals surface area contributed by atoms with Crippen molar-refractivity contribution in [3.8, 4) is 0 Å². The molecule has 0 amide bonds. The molecular formula is C19H27. The molecule has 0 unspecified atom stereocenters. The molecule has 0 spiro atoms. The summed E-state index contributed by atoms with van der Waals surface area (Å²) in [7, 11) is 0. The van der Waals surface area contributed by atoms with Crippen molar-refractivity contribution in [2.75, 3.05) is 0 Å². The van der Waals surface area contributed by atoms with Gasteiger partial charge in [0.2, 0.25) is 0 Å². The molecule has 0 saturated carbocycles. The quantitative estimate of drug-likeness (QED) is 0.581. The smallest absolute Gasteiger partial charge is 0.0131 e. The van der Waals surface area contributed by atoms with Crippen LogP contribution in [-0.4, -0.2) is 0 Å². The molecule has 1 aromatic carbocycles. The average molecular weight is 255 g/mol. The highest BCUT2D eigenvalue weighted by molar-refractivity contribution is 5.61. The van der Waals surface area contributed by atoms with Gasteiger partial charge in [0.15, 0.2) is 0 Å². The van der Waals surface area contributed by atoms with Gasteiger partial charge in [-0.05, 0) is 29.5 Å². The third kappa shape index (κ3) is 5.92. The summed E-state index contributed by atoms with van der Waals surface area (Å²) in [6, 6.07) is 6.82. The first kappa shape index (κ1) is 15.8. The van der Waals surface area contributed by atoms with Crippen LogP contribution in [0.4, 0.5) is 0 Å². The lowest BCUT2D eigenvalue weighted by Gasteiger charge is -2.06. The van der Waals surface area contributed by atoms with E-state index in [1.165, 1.54) is 48.8 Å². The molecule has 0 aliphatic heterocycles. The van der Waals surface area contributed by atoms with E-state index >= 15 is 0 Å². The van der Waals surface area contributed by atoms with Crippen molar-refractivity contribution in [1.82, 2.24) is 0 Å². The number of aryl methyl sites for hydroxylation is 1. The molecule has 1 aliphatic rings. The van der Waals surface area contributed by atoms with Gasteiger partial charge in [0.05, 0.1) is 0 Å². The Morgan fingerprint density at radius 3 is 2.37 bits per heavy atom. The molecule has 0 bridgehead atoms. The minimum Gasteiger partial charge on any atom is -0.0761 e. The van der Waals surface area contributed by atoms with Crippen LogP contribution in [0.1, 0.15) is 63.1 Å². The third-order valence-corrected chi connectivity index (χ3v) is 2.99. The van der Waals surface area contributed by atoms with Crippen LogP contribution >= 0.6 is 0 Å². The molecule has 0 N–H and O–H groups in total. The van der Waals surface area contributed by atoms with E-state index in [1.54, 1.807) is 0 Å². The summed E-state index contributed by atoms with van der Waals surface area (Å²) in [4.78, 5) is 0. The van der Waals surface area contributed by atoms with Gasteiger partial charge in [-0.3, -0.25) is 0 Å². The van der Waals surface area contributed by atoms with Crippen LogP contribution in [0.3, 0.4) is 0 Å². The molecule has 0 fully saturated rings. The van der Waals surface area contributed by atoms with Crippen molar-refractivity contribution in [3.05, 3.63) is 59.5 Å². The van der Waals surface area contributed by atoms with Gasteiger partial charge in [-0.1, -0.05) is 82.5 Å². The van der Waals surface area contributed by atoms with E-state index in [1.807, 2.05) is 0 Å². The van der Waals surface area contributed by atoms with E-state index in [0.29, 0.717) is 0 Å². The van der Waals surface area contributed by atoms with E-state index in [9.17, 15) is 0 Å². The number of allylic oxidation sites excluding steroid dienone is 3. The van der Waals surface area contributed by atoms with Gasteiger partial charge in [-0.25, -0.2) is 0 Å². The van der Waals surface area contributed by atoms with Crippen molar-refractivity contribution in [1.29, 1.82) is 0 Å².